The molecule has 174 valence electrons. The second-order valence-corrected chi connectivity index (χ2v) is 9.83. The molecule has 2 aromatic rings. The molecule has 1 aromatic heterocycles. The second-order valence-electron chi connectivity index (χ2n) is 8.88. The highest BCUT2D eigenvalue weighted by molar-refractivity contribution is 7.17. The predicted molar refractivity (Wildman–Crippen MR) is 131 cm³/mol. The maximum absolute atomic E-state index is 13.2. The van der Waals surface area contributed by atoms with E-state index in [0.717, 1.165) is 35.8 Å². The first-order valence-corrected chi connectivity index (χ1v) is 12.7. The summed E-state index contributed by atoms with van der Waals surface area (Å²) in [5, 5.41) is 15.4. The predicted octanol–water partition coefficient (Wildman–Crippen LogP) is 6.43. The summed E-state index contributed by atoms with van der Waals surface area (Å²) in [5.41, 5.74) is 0.911. The van der Waals surface area contributed by atoms with Crippen molar-refractivity contribution in [3.63, 3.8) is 0 Å². The monoisotopic (exact) mass is 457 g/mol. The van der Waals surface area contributed by atoms with Crippen molar-refractivity contribution in [2.45, 2.75) is 71.3 Å². The van der Waals surface area contributed by atoms with Crippen LogP contribution in [0.5, 0.6) is 5.75 Å². The Morgan fingerprint density at radius 2 is 1.91 bits per heavy atom. The number of carbonyl (C=O) groups excluding carboxylic acids is 1. The van der Waals surface area contributed by atoms with Crippen molar-refractivity contribution in [2.75, 3.05) is 6.61 Å². The van der Waals surface area contributed by atoms with Crippen LogP contribution in [0.2, 0.25) is 0 Å². The number of carbonyl (C=O) groups is 2. The Labute approximate surface area is 194 Å². The lowest BCUT2D eigenvalue weighted by Crippen LogP contribution is -2.42. The van der Waals surface area contributed by atoms with Gasteiger partial charge in [0.15, 0.2) is 0 Å². The topological polar surface area (TPSA) is 75.6 Å². The van der Waals surface area contributed by atoms with Crippen molar-refractivity contribution in [2.24, 2.45) is 11.8 Å². The lowest BCUT2D eigenvalue weighted by molar-refractivity contribution is -0.138. The van der Waals surface area contributed by atoms with Crippen LogP contribution in [0.3, 0.4) is 0 Å². The molecule has 1 heterocycles. The third kappa shape index (κ3) is 5.91. The second kappa shape index (κ2) is 11.5. The molecule has 32 heavy (non-hydrogen) atoms. The van der Waals surface area contributed by atoms with Gasteiger partial charge < -0.3 is 15.2 Å². The number of carboxylic acid groups (broad SMARTS) is 1. The molecular formula is C26H35NO4S. The molecule has 6 heteroatoms. The maximum atomic E-state index is 13.2. The fourth-order valence-electron chi connectivity index (χ4n) is 4.52. The van der Waals surface area contributed by atoms with E-state index in [0.29, 0.717) is 41.7 Å². The molecule has 0 spiro atoms. The number of fused-ring (bicyclic) bond motifs is 1. The molecule has 1 amide bonds. The van der Waals surface area contributed by atoms with Gasteiger partial charge in [0.1, 0.15) is 11.8 Å². The van der Waals surface area contributed by atoms with Gasteiger partial charge in [0.25, 0.3) is 5.91 Å². The molecule has 1 fully saturated rings. The lowest BCUT2D eigenvalue weighted by atomic mass is 9.90. The van der Waals surface area contributed by atoms with Crippen LogP contribution in [0.15, 0.2) is 35.7 Å². The van der Waals surface area contributed by atoms with Crippen LogP contribution >= 0.6 is 11.3 Å². The number of carboxylic acids is 1. The van der Waals surface area contributed by atoms with E-state index in [1.54, 1.807) is 17.4 Å². The van der Waals surface area contributed by atoms with Gasteiger partial charge in [0.05, 0.1) is 12.2 Å². The fourth-order valence-corrected chi connectivity index (χ4v) is 5.31. The van der Waals surface area contributed by atoms with E-state index in [9.17, 15) is 14.7 Å². The molecular weight excluding hydrogens is 422 g/mol. The third-order valence-electron chi connectivity index (χ3n) is 6.65. The van der Waals surface area contributed by atoms with E-state index >= 15 is 0 Å². The molecule has 0 aliphatic heterocycles. The number of thiophene rings is 1. The van der Waals surface area contributed by atoms with Crippen LogP contribution < -0.4 is 10.1 Å². The molecule has 3 rings (SSSR count). The summed E-state index contributed by atoms with van der Waals surface area (Å²) in [4.78, 5) is 25.2. The number of rotatable bonds is 11. The van der Waals surface area contributed by atoms with E-state index in [4.69, 9.17) is 4.74 Å². The molecule has 1 aliphatic rings. The fraction of sp³-hybridized carbons (Fsp3) is 0.538. The molecule has 0 radical (unpaired) electrons. The number of hydrogen-bond donors (Lipinski definition) is 2. The standard InChI is InChI=1S/C26H35NO4S/c1-4-18(5-2)15-17(3)23(26(29)30)27-25(28)21-11-12-22-20(13-14-32-22)24(21)31-16-19-9-7-6-8-10-19/h11-14,18-19,23H,3-10,15-16H2,1-2H3,(H,27,28)(H,29,30)/t23-/m0/s1. The van der Waals surface area contributed by atoms with E-state index in [1.807, 2.05) is 17.5 Å². The Hall–Kier alpha value is -2.34. The summed E-state index contributed by atoms with van der Waals surface area (Å²) in [6.07, 6.45) is 8.51. The molecule has 1 atom stereocenters. The minimum atomic E-state index is -1.12. The quantitative estimate of drug-likeness (QED) is 0.381. The zero-order chi connectivity index (χ0) is 23.1. The number of ether oxygens (including phenoxy) is 1. The van der Waals surface area contributed by atoms with Gasteiger partial charge in [-0.2, -0.15) is 0 Å². The van der Waals surface area contributed by atoms with Gasteiger partial charge in [-0.1, -0.05) is 52.5 Å². The van der Waals surface area contributed by atoms with Gasteiger partial charge in [-0.3, -0.25) is 4.79 Å². The van der Waals surface area contributed by atoms with E-state index in [-0.39, 0.29) is 0 Å². The Morgan fingerprint density at radius 1 is 1.19 bits per heavy atom. The first kappa shape index (κ1) is 24.3. The minimum Gasteiger partial charge on any atom is -0.492 e. The summed E-state index contributed by atoms with van der Waals surface area (Å²) in [5.74, 6) is -0.107. The van der Waals surface area contributed by atoms with E-state index in [2.05, 4.69) is 25.7 Å². The number of aliphatic carboxylic acids is 1. The normalized spacial score (nSPS) is 15.6. The number of hydrogen-bond acceptors (Lipinski definition) is 4. The highest BCUT2D eigenvalue weighted by Gasteiger charge is 2.27. The molecule has 2 N–H and O–H groups in total. The zero-order valence-corrected chi connectivity index (χ0v) is 20.0. The van der Waals surface area contributed by atoms with Crippen LogP contribution in [0.4, 0.5) is 0 Å². The molecule has 1 aromatic carbocycles. The number of nitrogens with one attached hydrogen (secondary N) is 1. The zero-order valence-electron chi connectivity index (χ0n) is 19.2. The van der Waals surface area contributed by atoms with Gasteiger partial charge >= 0.3 is 5.97 Å². The Kier molecular flexibility index (Phi) is 8.74. The first-order valence-electron chi connectivity index (χ1n) is 11.8. The summed E-state index contributed by atoms with van der Waals surface area (Å²) >= 11 is 1.60. The van der Waals surface area contributed by atoms with Crippen molar-refractivity contribution in [1.82, 2.24) is 5.32 Å². The summed E-state index contributed by atoms with van der Waals surface area (Å²) in [7, 11) is 0. The van der Waals surface area contributed by atoms with Crippen molar-refractivity contribution in [3.05, 3.63) is 41.3 Å². The van der Waals surface area contributed by atoms with Crippen molar-refractivity contribution < 1.29 is 19.4 Å². The van der Waals surface area contributed by atoms with Gasteiger partial charge in [-0.15, -0.1) is 11.3 Å². The maximum Gasteiger partial charge on any atom is 0.330 e. The summed E-state index contributed by atoms with van der Waals surface area (Å²) in [6.45, 7) is 8.75. The van der Waals surface area contributed by atoms with Crippen LogP contribution in [-0.2, 0) is 4.79 Å². The molecule has 5 nitrogen and oxygen atoms in total. The third-order valence-corrected chi connectivity index (χ3v) is 7.54. The minimum absolute atomic E-state index is 0.359. The number of amides is 1. The van der Waals surface area contributed by atoms with Gasteiger partial charge in [0.2, 0.25) is 0 Å². The molecule has 1 saturated carbocycles. The van der Waals surface area contributed by atoms with E-state index in [1.165, 1.54) is 19.3 Å². The van der Waals surface area contributed by atoms with Gasteiger partial charge in [0, 0.05) is 10.1 Å². The smallest absolute Gasteiger partial charge is 0.330 e. The summed E-state index contributed by atoms with van der Waals surface area (Å²) in [6, 6.07) is 4.49. The SMILES string of the molecule is C=C(CC(CC)CC)[C@H](NC(=O)c1ccc2sccc2c1OCC1CCCCC1)C(=O)O. The molecule has 1 aliphatic carbocycles. The van der Waals surface area contributed by atoms with E-state index < -0.39 is 17.9 Å². The highest BCUT2D eigenvalue weighted by Crippen LogP contribution is 2.35. The largest absolute Gasteiger partial charge is 0.492 e. The Morgan fingerprint density at radius 3 is 2.56 bits per heavy atom. The highest BCUT2D eigenvalue weighted by atomic mass is 32.1. The van der Waals surface area contributed by atoms with Crippen molar-refractivity contribution >= 4 is 33.3 Å². The van der Waals surface area contributed by atoms with Crippen LogP contribution in [-0.4, -0.2) is 29.6 Å². The van der Waals surface area contributed by atoms with Crippen LogP contribution in [0.25, 0.3) is 10.1 Å². The van der Waals surface area contributed by atoms with Crippen molar-refractivity contribution in [3.8, 4) is 5.75 Å². The number of benzene rings is 1. The van der Waals surface area contributed by atoms with Crippen LogP contribution in [0, 0.1) is 11.8 Å². The first-order chi connectivity index (χ1) is 15.4. The van der Waals surface area contributed by atoms with Crippen molar-refractivity contribution in [1.29, 1.82) is 0 Å². The Bertz CT molecular complexity index is 940. The average Bonchev–Trinajstić information content (AvgIpc) is 3.28. The molecule has 0 unspecified atom stereocenters. The molecule has 0 bridgehead atoms. The van der Waals surface area contributed by atoms with Gasteiger partial charge in [-0.05, 0) is 60.3 Å². The van der Waals surface area contributed by atoms with Gasteiger partial charge in [-0.25, -0.2) is 4.79 Å². The lowest BCUT2D eigenvalue weighted by Gasteiger charge is -2.24. The summed E-state index contributed by atoms with van der Waals surface area (Å²) < 4.78 is 7.30. The molecule has 0 saturated heterocycles. The van der Waals surface area contributed by atoms with Crippen LogP contribution in [0.1, 0.15) is 75.6 Å². The Balaban J connectivity index is 1.81. The average molecular weight is 458 g/mol.